The van der Waals surface area contributed by atoms with Gasteiger partial charge in [-0.3, -0.25) is 0 Å². The average molecular weight is 463 g/mol. The molecule has 0 aromatic carbocycles. The number of aliphatic hydroxyl groups excluding tert-OH is 4. The van der Waals surface area contributed by atoms with Crippen LogP contribution in [0.4, 0.5) is 0 Å². The van der Waals surface area contributed by atoms with Gasteiger partial charge in [0.15, 0.2) is 0 Å². The predicted molar refractivity (Wildman–Crippen MR) is 110 cm³/mol. The molecule has 6 fully saturated rings. The van der Waals surface area contributed by atoms with Gasteiger partial charge in [0, 0.05) is 11.8 Å². The molecular weight excluding hydrogens is 424 g/mol. The topological polar surface area (TPSA) is 136 Å². The molecular formula is C22H38O10. The van der Waals surface area contributed by atoms with E-state index in [4.69, 9.17) is 38.6 Å². The minimum absolute atomic E-state index is 0.0463. The molecule has 0 aromatic heterocycles. The Morgan fingerprint density at radius 3 is 1.50 bits per heavy atom. The predicted octanol–water partition coefficient (Wildman–Crippen LogP) is -1.15. The van der Waals surface area contributed by atoms with E-state index >= 15 is 0 Å². The summed E-state index contributed by atoms with van der Waals surface area (Å²) in [6.07, 6.45) is -2.47. The molecule has 6 saturated heterocycles. The summed E-state index contributed by atoms with van der Waals surface area (Å²) in [6.45, 7) is 11.0. The number of fused-ring (bicyclic) bond motifs is 3. The van der Waals surface area contributed by atoms with E-state index in [1.54, 1.807) is 0 Å². The van der Waals surface area contributed by atoms with E-state index in [1.165, 1.54) is 0 Å². The maximum absolute atomic E-state index is 9.69. The van der Waals surface area contributed by atoms with E-state index in [0.717, 1.165) is 6.61 Å². The van der Waals surface area contributed by atoms with Crippen molar-refractivity contribution >= 4 is 0 Å². The molecule has 4 N–H and O–H groups in total. The monoisotopic (exact) mass is 462 g/mol. The highest BCUT2D eigenvalue weighted by molar-refractivity contribution is 5.12. The Morgan fingerprint density at radius 2 is 1.00 bits per heavy atom. The van der Waals surface area contributed by atoms with Gasteiger partial charge in [0.25, 0.3) is 0 Å². The molecule has 186 valence electrons. The van der Waals surface area contributed by atoms with Crippen LogP contribution in [0.1, 0.15) is 27.7 Å². The van der Waals surface area contributed by atoms with Crippen molar-refractivity contribution in [3.8, 4) is 0 Å². The second-order valence-corrected chi connectivity index (χ2v) is 10.1. The third-order valence-corrected chi connectivity index (χ3v) is 8.01. The van der Waals surface area contributed by atoms with Crippen LogP contribution in [-0.2, 0) is 28.4 Å². The van der Waals surface area contributed by atoms with Gasteiger partial charge in [-0.15, -0.1) is 0 Å². The molecule has 6 rings (SSSR count). The Bertz CT molecular complexity index is 564. The van der Waals surface area contributed by atoms with Crippen molar-refractivity contribution in [3.05, 3.63) is 0 Å². The minimum atomic E-state index is -0.554. The summed E-state index contributed by atoms with van der Waals surface area (Å²) in [5.41, 5.74) is -0.793. The molecule has 0 radical (unpaired) electrons. The lowest BCUT2D eigenvalue weighted by Gasteiger charge is -2.34. The Balaban J connectivity index is 0.000000115. The van der Waals surface area contributed by atoms with E-state index in [-0.39, 0.29) is 43.2 Å². The first kappa shape index (κ1) is 24.7. The molecule has 0 bridgehead atoms. The van der Waals surface area contributed by atoms with Crippen molar-refractivity contribution in [1.29, 1.82) is 0 Å². The van der Waals surface area contributed by atoms with Crippen LogP contribution in [-0.4, -0.2) is 120 Å². The van der Waals surface area contributed by atoms with Crippen molar-refractivity contribution in [2.45, 2.75) is 87.7 Å². The molecule has 0 unspecified atom stereocenters. The smallest absolute Gasteiger partial charge is 0.122 e. The third kappa shape index (κ3) is 4.13. The summed E-state index contributed by atoms with van der Waals surface area (Å²) in [6, 6.07) is 0. The summed E-state index contributed by atoms with van der Waals surface area (Å²) in [7, 11) is 0. The van der Waals surface area contributed by atoms with Gasteiger partial charge < -0.3 is 48.8 Å². The number of aliphatic hydroxyl groups is 4. The van der Waals surface area contributed by atoms with Crippen molar-refractivity contribution in [2.75, 3.05) is 39.6 Å². The van der Waals surface area contributed by atoms with Crippen LogP contribution in [0.3, 0.4) is 0 Å². The number of hydrogen-bond acceptors (Lipinski definition) is 10. The first-order chi connectivity index (χ1) is 15.1. The number of hydrogen-bond donors (Lipinski definition) is 4. The Kier molecular flexibility index (Phi) is 7.21. The van der Waals surface area contributed by atoms with Crippen molar-refractivity contribution < 1.29 is 48.8 Å². The van der Waals surface area contributed by atoms with Crippen molar-refractivity contribution in [2.24, 2.45) is 11.8 Å². The lowest BCUT2D eigenvalue weighted by molar-refractivity contribution is -0.0973. The highest BCUT2D eigenvalue weighted by Gasteiger charge is 2.63. The van der Waals surface area contributed by atoms with Gasteiger partial charge in [-0.1, -0.05) is 13.8 Å². The molecule has 0 saturated carbocycles. The van der Waals surface area contributed by atoms with Crippen LogP contribution >= 0.6 is 0 Å². The Hall–Kier alpha value is -0.400. The first-order valence-electron chi connectivity index (χ1n) is 11.5. The Morgan fingerprint density at radius 1 is 0.562 bits per heavy atom. The third-order valence-electron chi connectivity index (χ3n) is 8.01. The zero-order valence-electron chi connectivity index (χ0n) is 19.3. The van der Waals surface area contributed by atoms with Gasteiger partial charge in [-0.25, -0.2) is 0 Å². The zero-order valence-corrected chi connectivity index (χ0v) is 19.3. The van der Waals surface area contributed by atoms with Gasteiger partial charge in [-0.05, 0) is 13.8 Å². The van der Waals surface area contributed by atoms with E-state index in [2.05, 4.69) is 13.8 Å². The van der Waals surface area contributed by atoms with Crippen LogP contribution in [0.15, 0.2) is 0 Å². The lowest BCUT2D eigenvalue weighted by Crippen LogP contribution is -2.51. The molecule has 0 amide bonds. The van der Waals surface area contributed by atoms with E-state index < -0.39 is 30.0 Å². The highest BCUT2D eigenvalue weighted by Crippen LogP contribution is 2.48. The molecule has 0 aliphatic carbocycles. The average Bonchev–Trinajstić information content (AvgIpc) is 3.57. The molecule has 10 heteroatoms. The van der Waals surface area contributed by atoms with E-state index in [1.807, 2.05) is 13.8 Å². The molecule has 6 aliphatic heterocycles. The second-order valence-electron chi connectivity index (χ2n) is 10.1. The maximum atomic E-state index is 9.69. The van der Waals surface area contributed by atoms with Gasteiger partial charge in [0.05, 0.1) is 45.7 Å². The fourth-order valence-electron chi connectivity index (χ4n) is 5.34. The maximum Gasteiger partial charge on any atom is 0.122 e. The van der Waals surface area contributed by atoms with Crippen LogP contribution in [0.2, 0.25) is 0 Å². The van der Waals surface area contributed by atoms with E-state index in [0.29, 0.717) is 31.7 Å². The molecule has 6 aliphatic rings. The fraction of sp³-hybridized carbons (Fsp3) is 1.00. The molecule has 0 aromatic rings. The quantitative estimate of drug-likeness (QED) is 0.349. The minimum Gasteiger partial charge on any atom is -0.388 e. The highest BCUT2D eigenvalue weighted by atomic mass is 16.6. The summed E-state index contributed by atoms with van der Waals surface area (Å²) in [4.78, 5) is 0. The van der Waals surface area contributed by atoms with Gasteiger partial charge in [0.2, 0.25) is 0 Å². The number of ether oxygens (including phenoxy) is 6. The first-order valence-corrected chi connectivity index (χ1v) is 11.5. The summed E-state index contributed by atoms with van der Waals surface area (Å²) in [5, 5.41) is 37.3. The van der Waals surface area contributed by atoms with Gasteiger partial charge in [0.1, 0.15) is 53.9 Å². The van der Waals surface area contributed by atoms with Crippen LogP contribution in [0.25, 0.3) is 0 Å². The standard InChI is InChI=1S/C9H16O3.C7H12O3.C6H10O4/c1-6-4-11-9(3)7(10)5-12-8(6,9)2;1-4-2-9-7-5(8)3-10-6(4)7;7-3-1-9-6-4(8)2-10-5(3)6/h6-7,10H,4-5H2,1-3H3;4-8H,2-3H2,1H3;3-8H,1-2H2/t6-,7-,8-,9-;4-,5+,6+,7+;3-,4-,5+,6+/m100/s1. The molecule has 0 spiro atoms. The molecule has 32 heavy (non-hydrogen) atoms. The zero-order chi connectivity index (χ0) is 23.3. The van der Waals surface area contributed by atoms with Gasteiger partial charge in [-0.2, -0.15) is 0 Å². The van der Waals surface area contributed by atoms with Crippen molar-refractivity contribution in [3.63, 3.8) is 0 Å². The van der Waals surface area contributed by atoms with Crippen LogP contribution in [0, 0.1) is 11.8 Å². The largest absolute Gasteiger partial charge is 0.388 e. The van der Waals surface area contributed by atoms with Gasteiger partial charge >= 0.3 is 0 Å². The second kappa shape index (κ2) is 9.33. The van der Waals surface area contributed by atoms with Crippen LogP contribution in [0.5, 0.6) is 0 Å². The molecule has 10 nitrogen and oxygen atoms in total. The lowest BCUT2D eigenvalue weighted by atomic mass is 9.79. The Labute approximate surface area is 188 Å². The number of rotatable bonds is 0. The fourth-order valence-corrected chi connectivity index (χ4v) is 5.34. The molecule has 12 atom stereocenters. The summed E-state index contributed by atoms with van der Waals surface area (Å²) < 4.78 is 32.0. The summed E-state index contributed by atoms with van der Waals surface area (Å²) >= 11 is 0. The van der Waals surface area contributed by atoms with E-state index in [9.17, 15) is 10.2 Å². The van der Waals surface area contributed by atoms with Crippen molar-refractivity contribution in [1.82, 2.24) is 0 Å². The SMILES string of the molecule is C[C@@H]1CO[C@]2(C)[C@H](O)CO[C@]12C.C[C@H]1CO[C@H]2[C@@H]1OC[C@H]2O.O[C@H]1CO[C@H]2[C@@H]1OC[C@@H]2O. The van der Waals surface area contributed by atoms with Crippen LogP contribution < -0.4 is 0 Å². The normalized spacial score (nSPS) is 55.5. The summed E-state index contributed by atoms with van der Waals surface area (Å²) in [5.74, 6) is 0.807. The molecule has 6 heterocycles.